The highest BCUT2D eigenvalue weighted by Crippen LogP contribution is 2.18. The van der Waals surface area contributed by atoms with Gasteiger partial charge in [-0.15, -0.1) is 0 Å². The van der Waals surface area contributed by atoms with Gasteiger partial charge in [0.1, 0.15) is 17.1 Å². The molecular weight excluding hydrogens is 322 g/mol. The van der Waals surface area contributed by atoms with Crippen LogP contribution >= 0.6 is 0 Å². The summed E-state index contributed by atoms with van der Waals surface area (Å²) in [6, 6.07) is 14.3. The van der Waals surface area contributed by atoms with Crippen molar-refractivity contribution in [1.29, 1.82) is 0 Å². The molecule has 0 aromatic heterocycles. The predicted octanol–water partition coefficient (Wildman–Crippen LogP) is 2.22. The first-order valence-corrected chi connectivity index (χ1v) is 7.84. The molecule has 25 heavy (non-hydrogen) atoms. The molecule has 0 saturated heterocycles. The lowest BCUT2D eigenvalue weighted by molar-refractivity contribution is -0.124. The number of amides is 1. The zero-order valence-corrected chi connectivity index (χ0v) is 14.3. The molecule has 1 amide bonds. The average molecular weight is 343 g/mol. The number of nitrogens with one attached hydrogen (secondary N) is 1. The number of carbonyl (C=O) groups is 2. The van der Waals surface area contributed by atoms with E-state index in [1.165, 1.54) is 7.11 Å². The fourth-order valence-electron chi connectivity index (χ4n) is 2.21. The Labute approximate surface area is 146 Å². The molecule has 0 radical (unpaired) electrons. The molecule has 0 aliphatic heterocycles. The fraction of sp³-hybridized carbons (Fsp3) is 0.263. The largest absolute Gasteiger partial charge is 0.497 e. The number of rotatable bonds is 8. The summed E-state index contributed by atoms with van der Waals surface area (Å²) < 4.78 is 15.2. The summed E-state index contributed by atoms with van der Waals surface area (Å²) in [6.07, 6.45) is 0.677. The maximum Gasteiger partial charge on any atom is 0.342 e. The van der Waals surface area contributed by atoms with Crippen molar-refractivity contribution in [2.75, 3.05) is 27.4 Å². The van der Waals surface area contributed by atoms with Crippen LogP contribution in [0.2, 0.25) is 0 Å². The first kappa shape index (κ1) is 18.3. The van der Waals surface area contributed by atoms with Gasteiger partial charge in [0.2, 0.25) is 0 Å². The van der Waals surface area contributed by atoms with Crippen LogP contribution in [-0.4, -0.2) is 39.2 Å². The highest BCUT2D eigenvalue weighted by atomic mass is 16.5. The molecule has 2 aromatic carbocycles. The second-order valence-corrected chi connectivity index (χ2v) is 5.22. The number of para-hydroxylation sites is 1. The molecule has 0 spiro atoms. The third-order valence-corrected chi connectivity index (χ3v) is 3.56. The Bertz CT molecular complexity index is 712. The number of methoxy groups -OCH3 is 2. The number of hydrogen-bond acceptors (Lipinski definition) is 5. The fourth-order valence-corrected chi connectivity index (χ4v) is 2.21. The molecule has 6 nitrogen and oxygen atoms in total. The number of hydrogen-bond donors (Lipinski definition) is 1. The van der Waals surface area contributed by atoms with Gasteiger partial charge >= 0.3 is 5.97 Å². The van der Waals surface area contributed by atoms with Crippen molar-refractivity contribution in [3.05, 3.63) is 59.7 Å². The van der Waals surface area contributed by atoms with E-state index in [0.717, 1.165) is 11.3 Å². The van der Waals surface area contributed by atoms with Crippen molar-refractivity contribution >= 4 is 11.9 Å². The molecule has 132 valence electrons. The zero-order chi connectivity index (χ0) is 18.1. The van der Waals surface area contributed by atoms with Crippen LogP contribution in [-0.2, 0) is 16.0 Å². The van der Waals surface area contributed by atoms with Gasteiger partial charge in [0.15, 0.2) is 6.61 Å². The molecule has 6 heteroatoms. The lowest BCUT2D eigenvalue weighted by Gasteiger charge is -2.09. The van der Waals surface area contributed by atoms with Gasteiger partial charge in [0.25, 0.3) is 5.91 Å². The van der Waals surface area contributed by atoms with Crippen molar-refractivity contribution in [1.82, 2.24) is 5.32 Å². The minimum Gasteiger partial charge on any atom is -0.497 e. The SMILES string of the molecule is COc1ccc(CCNC(=O)COC(=O)c2ccccc2OC)cc1. The lowest BCUT2D eigenvalue weighted by atomic mass is 10.1. The van der Waals surface area contributed by atoms with Gasteiger partial charge in [-0.25, -0.2) is 4.79 Å². The van der Waals surface area contributed by atoms with Crippen LogP contribution in [0.25, 0.3) is 0 Å². The molecule has 0 bridgehead atoms. The number of benzene rings is 2. The van der Waals surface area contributed by atoms with Gasteiger partial charge in [-0.3, -0.25) is 4.79 Å². The van der Waals surface area contributed by atoms with Gasteiger partial charge in [-0.2, -0.15) is 0 Å². The molecule has 0 fully saturated rings. The van der Waals surface area contributed by atoms with Crippen LogP contribution in [0, 0.1) is 0 Å². The summed E-state index contributed by atoms with van der Waals surface area (Å²) in [7, 11) is 3.08. The molecule has 0 atom stereocenters. The first-order chi connectivity index (χ1) is 12.1. The summed E-state index contributed by atoms with van der Waals surface area (Å²) in [6.45, 7) is 0.122. The normalized spacial score (nSPS) is 10.0. The highest BCUT2D eigenvalue weighted by molar-refractivity contribution is 5.93. The molecule has 0 aliphatic rings. The van der Waals surface area contributed by atoms with Crippen LogP contribution in [0.1, 0.15) is 15.9 Å². The van der Waals surface area contributed by atoms with E-state index < -0.39 is 5.97 Å². The molecule has 1 N–H and O–H groups in total. The standard InChI is InChI=1S/C19H21NO5/c1-23-15-9-7-14(8-10-15)11-12-20-18(21)13-25-19(22)16-5-3-4-6-17(16)24-2/h3-10H,11-13H2,1-2H3,(H,20,21). The minimum absolute atomic E-state index is 0.288. The van der Waals surface area contributed by atoms with E-state index in [-0.39, 0.29) is 18.1 Å². The molecule has 0 aliphatic carbocycles. The Morgan fingerprint density at radius 1 is 0.960 bits per heavy atom. The predicted molar refractivity (Wildman–Crippen MR) is 93.0 cm³/mol. The Balaban J connectivity index is 1.73. The molecule has 0 heterocycles. The molecule has 0 saturated carbocycles. The van der Waals surface area contributed by atoms with Gasteiger partial charge in [0.05, 0.1) is 14.2 Å². The number of carbonyl (C=O) groups excluding carboxylic acids is 2. The van der Waals surface area contributed by atoms with Crippen LogP contribution < -0.4 is 14.8 Å². The summed E-state index contributed by atoms with van der Waals surface area (Å²) in [5.41, 5.74) is 1.36. The Hall–Kier alpha value is -3.02. The highest BCUT2D eigenvalue weighted by Gasteiger charge is 2.14. The quantitative estimate of drug-likeness (QED) is 0.744. The van der Waals surface area contributed by atoms with Crippen molar-refractivity contribution in [3.63, 3.8) is 0 Å². The van der Waals surface area contributed by atoms with Crippen molar-refractivity contribution < 1.29 is 23.8 Å². The van der Waals surface area contributed by atoms with Crippen molar-refractivity contribution in [3.8, 4) is 11.5 Å². The third-order valence-electron chi connectivity index (χ3n) is 3.56. The van der Waals surface area contributed by atoms with E-state index in [4.69, 9.17) is 14.2 Å². The van der Waals surface area contributed by atoms with Gasteiger partial charge in [-0.05, 0) is 36.2 Å². The van der Waals surface area contributed by atoms with Crippen LogP contribution in [0.15, 0.2) is 48.5 Å². The monoisotopic (exact) mass is 343 g/mol. The van der Waals surface area contributed by atoms with Crippen molar-refractivity contribution in [2.24, 2.45) is 0 Å². The Morgan fingerprint density at radius 3 is 2.36 bits per heavy atom. The lowest BCUT2D eigenvalue weighted by Crippen LogP contribution is -2.30. The van der Waals surface area contributed by atoms with Crippen LogP contribution in [0.4, 0.5) is 0 Å². The summed E-state index contributed by atoms with van der Waals surface area (Å²) in [5.74, 6) is 0.253. The van der Waals surface area contributed by atoms with E-state index in [1.54, 1.807) is 31.4 Å². The van der Waals surface area contributed by atoms with Gasteiger partial charge in [-0.1, -0.05) is 24.3 Å². The average Bonchev–Trinajstić information content (AvgIpc) is 2.66. The maximum atomic E-state index is 12.0. The summed E-state index contributed by atoms with van der Waals surface area (Å²) >= 11 is 0. The zero-order valence-electron chi connectivity index (χ0n) is 14.3. The topological polar surface area (TPSA) is 73.9 Å². The van der Waals surface area contributed by atoms with E-state index in [1.807, 2.05) is 24.3 Å². The summed E-state index contributed by atoms with van der Waals surface area (Å²) in [4.78, 5) is 23.8. The third kappa shape index (κ3) is 5.53. The van der Waals surface area contributed by atoms with Gasteiger partial charge < -0.3 is 19.5 Å². The van der Waals surface area contributed by atoms with Gasteiger partial charge in [0, 0.05) is 6.54 Å². The first-order valence-electron chi connectivity index (χ1n) is 7.84. The van der Waals surface area contributed by atoms with E-state index >= 15 is 0 Å². The second-order valence-electron chi connectivity index (χ2n) is 5.22. The smallest absolute Gasteiger partial charge is 0.342 e. The molecule has 2 aromatic rings. The maximum absolute atomic E-state index is 12.0. The van der Waals surface area contributed by atoms with E-state index in [9.17, 15) is 9.59 Å². The van der Waals surface area contributed by atoms with E-state index in [0.29, 0.717) is 18.7 Å². The number of esters is 1. The van der Waals surface area contributed by atoms with Crippen molar-refractivity contribution in [2.45, 2.75) is 6.42 Å². The van der Waals surface area contributed by atoms with Crippen LogP contribution in [0.3, 0.4) is 0 Å². The molecule has 2 rings (SSSR count). The minimum atomic E-state index is -0.595. The van der Waals surface area contributed by atoms with E-state index in [2.05, 4.69) is 5.32 Å². The number of ether oxygens (including phenoxy) is 3. The van der Waals surface area contributed by atoms with Crippen LogP contribution in [0.5, 0.6) is 11.5 Å². The summed E-state index contributed by atoms with van der Waals surface area (Å²) in [5, 5.41) is 2.72. The molecular formula is C19H21NO5. The second kappa shape index (κ2) is 9.32. The molecule has 0 unspecified atom stereocenters. The Morgan fingerprint density at radius 2 is 1.68 bits per heavy atom. The Kier molecular flexibility index (Phi) is 6.83.